The minimum atomic E-state index is -0.0313. The molecule has 1 aliphatic rings. The summed E-state index contributed by atoms with van der Waals surface area (Å²) in [5, 5.41) is 6.88. The van der Waals surface area contributed by atoms with Gasteiger partial charge in [-0.1, -0.05) is 0 Å². The topological polar surface area (TPSA) is 59.4 Å². The number of hydrogen-bond acceptors (Lipinski definition) is 4. The number of halogens is 1. The largest absolute Gasteiger partial charge is 0.379 e. The van der Waals surface area contributed by atoms with Gasteiger partial charge in [0.1, 0.15) is 5.82 Å². The highest BCUT2D eigenvalue weighted by Crippen LogP contribution is 2.20. The smallest absolute Gasteiger partial charge is 0.239 e. The second-order valence-corrected chi connectivity index (χ2v) is 4.76. The van der Waals surface area contributed by atoms with Gasteiger partial charge in [-0.3, -0.25) is 14.4 Å². The molecule has 94 valence electrons. The number of anilines is 1. The van der Waals surface area contributed by atoms with Gasteiger partial charge >= 0.3 is 0 Å². The number of carbonyl (C=O) groups is 1. The van der Waals surface area contributed by atoms with Gasteiger partial charge in [0.05, 0.1) is 30.4 Å². The number of morpholine rings is 1. The van der Waals surface area contributed by atoms with Gasteiger partial charge < -0.3 is 10.1 Å². The quantitative estimate of drug-likeness (QED) is 0.881. The molecule has 1 aliphatic heterocycles. The van der Waals surface area contributed by atoms with Gasteiger partial charge in [-0.25, -0.2) is 0 Å². The van der Waals surface area contributed by atoms with Gasteiger partial charge in [-0.2, -0.15) is 5.10 Å². The fraction of sp³-hybridized carbons (Fsp3) is 0.600. The van der Waals surface area contributed by atoms with Crippen molar-refractivity contribution >= 4 is 27.7 Å². The number of nitrogens with one attached hydrogen (secondary N) is 1. The third-order valence-corrected chi connectivity index (χ3v) is 3.20. The maximum absolute atomic E-state index is 11.8. The molecule has 1 N–H and O–H groups in total. The summed E-state index contributed by atoms with van der Waals surface area (Å²) in [6.45, 7) is 3.40. The van der Waals surface area contributed by atoms with Gasteiger partial charge in [0.15, 0.2) is 0 Å². The highest BCUT2D eigenvalue weighted by atomic mass is 79.9. The second-order valence-electron chi connectivity index (χ2n) is 3.90. The number of hydrogen-bond donors (Lipinski definition) is 1. The molecule has 2 rings (SSSR count). The van der Waals surface area contributed by atoms with Crippen LogP contribution in [-0.2, 0) is 16.6 Å². The maximum atomic E-state index is 11.8. The first-order valence-corrected chi connectivity index (χ1v) is 6.23. The van der Waals surface area contributed by atoms with Crippen LogP contribution in [0.15, 0.2) is 10.7 Å². The Labute approximate surface area is 108 Å². The van der Waals surface area contributed by atoms with Gasteiger partial charge in [0.2, 0.25) is 5.91 Å². The highest BCUT2D eigenvalue weighted by Gasteiger charge is 2.16. The molecule has 1 amide bonds. The van der Waals surface area contributed by atoms with Crippen molar-refractivity contribution in [1.82, 2.24) is 14.7 Å². The number of ether oxygens (including phenoxy) is 1. The molecular weight excluding hydrogens is 288 g/mol. The van der Waals surface area contributed by atoms with E-state index in [0.29, 0.717) is 25.6 Å². The van der Waals surface area contributed by atoms with Crippen molar-refractivity contribution in [2.24, 2.45) is 7.05 Å². The Morgan fingerprint density at radius 3 is 2.88 bits per heavy atom. The van der Waals surface area contributed by atoms with Gasteiger partial charge in [0, 0.05) is 20.1 Å². The van der Waals surface area contributed by atoms with Gasteiger partial charge in [-0.15, -0.1) is 0 Å². The van der Waals surface area contributed by atoms with Crippen LogP contribution in [0.5, 0.6) is 0 Å². The van der Waals surface area contributed by atoms with Crippen LogP contribution in [0.2, 0.25) is 0 Å². The summed E-state index contributed by atoms with van der Waals surface area (Å²) in [6, 6.07) is 0. The van der Waals surface area contributed by atoms with Crippen molar-refractivity contribution in [3.05, 3.63) is 10.7 Å². The number of amides is 1. The van der Waals surface area contributed by atoms with Crippen molar-refractivity contribution in [1.29, 1.82) is 0 Å². The lowest BCUT2D eigenvalue weighted by Gasteiger charge is -2.25. The third kappa shape index (κ3) is 3.27. The van der Waals surface area contributed by atoms with E-state index in [-0.39, 0.29) is 5.91 Å². The Hall–Kier alpha value is -0.920. The van der Waals surface area contributed by atoms with Crippen molar-refractivity contribution in [3.63, 3.8) is 0 Å². The Balaban J connectivity index is 1.88. The van der Waals surface area contributed by atoms with Crippen LogP contribution in [0.1, 0.15) is 0 Å². The van der Waals surface area contributed by atoms with Crippen LogP contribution in [0.25, 0.3) is 0 Å². The lowest BCUT2D eigenvalue weighted by Crippen LogP contribution is -2.41. The van der Waals surface area contributed by atoms with Crippen LogP contribution >= 0.6 is 15.9 Å². The molecule has 0 atom stereocenters. The summed E-state index contributed by atoms with van der Waals surface area (Å²) in [7, 11) is 1.79. The standard InChI is InChI=1S/C10H15BrN4O2/c1-14-10(8(11)6-12-14)13-9(16)7-15-2-4-17-5-3-15/h6H,2-5,7H2,1H3,(H,13,16). The van der Waals surface area contributed by atoms with E-state index in [1.807, 2.05) is 0 Å². The molecule has 0 spiro atoms. The van der Waals surface area contributed by atoms with E-state index in [0.717, 1.165) is 17.6 Å². The molecule has 0 aromatic carbocycles. The molecule has 2 heterocycles. The summed E-state index contributed by atoms with van der Waals surface area (Å²) in [5.74, 6) is 0.652. The van der Waals surface area contributed by atoms with Crippen LogP contribution < -0.4 is 5.32 Å². The molecule has 6 nitrogen and oxygen atoms in total. The first-order valence-electron chi connectivity index (χ1n) is 5.44. The monoisotopic (exact) mass is 302 g/mol. The Bertz CT molecular complexity index is 382. The third-order valence-electron chi connectivity index (χ3n) is 2.62. The number of nitrogens with zero attached hydrogens (tertiary/aromatic N) is 3. The molecule has 1 fully saturated rings. The van der Waals surface area contributed by atoms with E-state index >= 15 is 0 Å². The average molecular weight is 303 g/mol. The second kappa shape index (κ2) is 5.61. The summed E-state index contributed by atoms with van der Waals surface area (Å²) < 4.78 is 7.64. The fourth-order valence-electron chi connectivity index (χ4n) is 1.69. The molecule has 7 heteroatoms. The number of aryl methyl sites for hydroxylation is 1. The average Bonchev–Trinajstić information content (AvgIpc) is 2.62. The molecule has 1 aromatic heterocycles. The lowest BCUT2D eigenvalue weighted by molar-refractivity contribution is -0.118. The SMILES string of the molecule is Cn1ncc(Br)c1NC(=O)CN1CCOCC1. The van der Waals surface area contributed by atoms with Crippen molar-refractivity contribution in [2.75, 3.05) is 38.2 Å². The number of rotatable bonds is 3. The zero-order valence-corrected chi connectivity index (χ0v) is 11.2. The molecular formula is C10H15BrN4O2. The van der Waals surface area contributed by atoms with Crippen LogP contribution in [-0.4, -0.2) is 53.4 Å². The normalized spacial score (nSPS) is 17.1. The minimum Gasteiger partial charge on any atom is -0.379 e. The van der Waals surface area contributed by atoms with E-state index < -0.39 is 0 Å². The minimum absolute atomic E-state index is 0.0313. The molecule has 0 unspecified atom stereocenters. The predicted octanol–water partition coefficient (Wildman–Crippen LogP) is 0.453. The fourth-order valence-corrected chi connectivity index (χ4v) is 2.13. The van der Waals surface area contributed by atoms with E-state index in [9.17, 15) is 4.79 Å². The summed E-state index contributed by atoms with van der Waals surface area (Å²) in [4.78, 5) is 13.9. The maximum Gasteiger partial charge on any atom is 0.239 e. The Morgan fingerprint density at radius 1 is 1.59 bits per heavy atom. The first kappa shape index (κ1) is 12.5. The molecule has 1 saturated heterocycles. The summed E-state index contributed by atoms with van der Waals surface area (Å²) in [5.41, 5.74) is 0. The number of aromatic nitrogens is 2. The van der Waals surface area contributed by atoms with E-state index in [2.05, 4.69) is 31.2 Å². The Morgan fingerprint density at radius 2 is 2.29 bits per heavy atom. The molecule has 0 saturated carbocycles. The summed E-state index contributed by atoms with van der Waals surface area (Å²) >= 11 is 3.34. The van der Waals surface area contributed by atoms with Crippen LogP contribution in [0, 0.1) is 0 Å². The number of carbonyl (C=O) groups excluding carboxylic acids is 1. The van der Waals surface area contributed by atoms with Crippen molar-refractivity contribution < 1.29 is 9.53 Å². The molecule has 17 heavy (non-hydrogen) atoms. The molecule has 0 aliphatic carbocycles. The van der Waals surface area contributed by atoms with E-state index in [1.165, 1.54) is 0 Å². The van der Waals surface area contributed by atoms with E-state index in [4.69, 9.17) is 4.74 Å². The van der Waals surface area contributed by atoms with Crippen molar-refractivity contribution in [3.8, 4) is 0 Å². The van der Waals surface area contributed by atoms with Crippen LogP contribution in [0.4, 0.5) is 5.82 Å². The van der Waals surface area contributed by atoms with Gasteiger partial charge in [0.25, 0.3) is 0 Å². The highest BCUT2D eigenvalue weighted by molar-refractivity contribution is 9.10. The summed E-state index contributed by atoms with van der Waals surface area (Å²) in [6.07, 6.45) is 1.66. The van der Waals surface area contributed by atoms with Gasteiger partial charge in [-0.05, 0) is 15.9 Å². The lowest BCUT2D eigenvalue weighted by atomic mass is 10.4. The van der Waals surface area contributed by atoms with Crippen molar-refractivity contribution in [2.45, 2.75) is 0 Å². The molecule has 0 radical (unpaired) electrons. The first-order chi connectivity index (χ1) is 8.16. The zero-order valence-electron chi connectivity index (χ0n) is 9.65. The Kier molecular flexibility index (Phi) is 4.14. The zero-order chi connectivity index (χ0) is 12.3. The molecule has 0 bridgehead atoms. The van der Waals surface area contributed by atoms with E-state index in [1.54, 1.807) is 17.9 Å². The predicted molar refractivity (Wildman–Crippen MR) is 66.8 cm³/mol. The molecule has 1 aromatic rings. The van der Waals surface area contributed by atoms with Crippen LogP contribution in [0.3, 0.4) is 0 Å².